The first kappa shape index (κ1) is 13.2. The molecule has 1 aromatic rings. The molecule has 0 bridgehead atoms. The maximum atomic E-state index is 11.9. The molecule has 1 aromatic carbocycles. The molecule has 1 saturated carbocycles. The number of carbonyl (C=O) groups excluding carboxylic acids is 1. The molecule has 0 aliphatic heterocycles. The van der Waals surface area contributed by atoms with Crippen LogP contribution in [0.4, 0.5) is 0 Å². The molecule has 0 spiro atoms. The number of amides is 1. The molecule has 18 heavy (non-hydrogen) atoms. The predicted molar refractivity (Wildman–Crippen MR) is 68.1 cm³/mol. The van der Waals surface area contributed by atoms with E-state index in [1.54, 1.807) is 18.2 Å². The molecule has 1 aliphatic carbocycles. The number of hydrogen-bond donors (Lipinski definition) is 2. The van der Waals surface area contributed by atoms with Crippen molar-refractivity contribution in [2.24, 2.45) is 5.41 Å². The van der Waals surface area contributed by atoms with Gasteiger partial charge in [-0.3, -0.25) is 9.59 Å². The maximum Gasteiger partial charge on any atom is 0.311 e. The van der Waals surface area contributed by atoms with Gasteiger partial charge in [0.15, 0.2) is 0 Å². The van der Waals surface area contributed by atoms with Gasteiger partial charge in [-0.15, -0.1) is 0 Å². The Kier molecular flexibility index (Phi) is 3.50. The molecule has 0 radical (unpaired) electrons. The SMILES string of the molecule is O=C(NCC1(C(=O)O)CC1)c1cccc(Cl)c1Cl. The smallest absolute Gasteiger partial charge is 0.311 e. The number of nitrogens with one attached hydrogen (secondary N) is 1. The van der Waals surface area contributed by atoms with Crippen LogP contribution in [0, 0.1) is 5.41 Å². The minimum atomic E-state index is -0.875. The van der Waals surface area contributed by atoms with Crippen LogP contribution in [0.15, 0.2) is 18.2 Å². The Morgan fingerprint density at radius 2 is 2.00 bits per heavy atom. The van der Waals surface area contributed by atoms with Crippen molar-refractivity contribution in [3.05, 3.63) is 33.8 Å². The summed E-state index contributed by atoms with van der Waals surface area (Å²) in [5.74, 6) is -1.28. The molecule has 0 aromatic heterocycles. The Bertz CT molecular complexity index is 512. The first-order valence-electron chi connectivity index (χ1n) is 5.42. The normalized spacial score (nSPS) is 16.1. The highest BCUT2D eigenvalue weighted by molar-refractivity contribution is 6.43. The molecule has 96 valence electrons. The van der Waals surface area contributed by atoms with Gasteiger partial charge in [0.1, 0.15) is 0 Å². The van der Waals surface area contributed by atoms with Gasteiger partial charge in [0.25, 0.3) is 5.91 Å². The Hall–Kier alpha value is -1.26. The number of rotatable bonds is 4. The number of aliphatic carboxylic acids is 1. The lowest BCUT2D eigenvalue weighted by Gasteiger charge is -2.12. The van der Waals surface area contributed by atoms with E-state index in [0.29, 0.717) is 17.9 Å². The molecule has 1 fully saturated rings. The van der Waals surface area contributed by atoms with Crippen molar-refractivity contribution < 1.29 is 14.7 Å². The van der Waals surface area contributed by atoms with Crippen molar-refractivity contribution in [2.45, 2.75) is 12.8 Å². The summed E-state index contributed by atoms with van der Waals surface area (Å²) >= 11 is 11.7. The first-order chi connectivity index (χ1) is 8.46. The van der Waals surface area contributed by atoms with Gasteiger partial charge in [0.2, 0.25) is 0 Å². The average Bonchev–Trinajstić information content (AvgIpc) is 3.11. The van der Waals surface area contributed by atoms with E-state index in [2.05, 4.69) is 5.32 Å². The van der Waals surface area contributed by atoms with Crippen molar-refractivity contribution in [3.63, 3.8) is 0 Å². The van der Waals surface area contributed by atoms with E-state index in [9.17, 15) is 9.59 Å². The van der Waals surface area contributed by atoms with E-state index in [1.165, 1.54) is 0 Å². The van der Waals surface area contributed by atoms with Gasteiger partial charge in [0.05, 0.1) is 21.0 Å². The lowest BCUT2D eigenvalue weighted by atomic mass is 10.1. The Balaban J connectivity index is 2.05. The van der Waals surface area contributed by atoms with Gasteiger partial charge in [-0.25, -0.2) is 0 Å². The van der Waals surface area contributed by atoms with Crippen molar-refractivity contribution in [2.75, 3.05) is 6.54 Å². The lowest BCUT2D eigenvalue weighted by molar-refractivity contribution is -0.143. The minimum Gasteiger partial charge on any atom is -0.481 e. The largest absolute Gasteiger partial charge is 0.481 e. The Labute approximate surface area is 114 Å². The van der Waals surface area contributed by atoms with Crippen LogP contribution in [-0.2, 0) is 4.79 Å². The maximum absolute atomic E-state index is 11.9. The second kappa shape index (κ2) is 4.78. The predicted octanol–water partition coefficient (Wildman–Crippen LogP) is 2.59. The summed E-state index contributed by atoms with van der Waals surface area (Å²) in [6, 6.07) is 4.75. The van der Waals surface area contributed by atoms with E-state index in [4.69, 9.17) is 28.3 Å². The number of benzene rings is 1. The highest BCUT2D eigenvalue weighted by atomic mass is 35.5. The van der Waals surface area contributed by atoms with E-state index >= 15 is 0 Å². The summed E-state index contributed by atoms with van der Waals surface area (Å²) in [5.41, 5.74) is -0.536. The summed E-state index contributed by atoms with van der Waals surface area (Å²) in [4.78, 5) is 22.8. The third-order valence-corrected chi connectivity index (χ3v) is 3.91. The zero-order valence-electron chi connectivity index (χ0n) is 9.37. The van der Waals surface area contributed by atoms with Crippen molar-refractivity contribution in [1.82, 2.24) is 5.32 Å². The molecule has 6 heteroatoms. The molecule has 1 amide bonds. The quantitative estimate of drug-likeness (QED) is 0.895. The topological polar surface area (TPSA) is 66.4 Å². The molecule has 0 atom stereocenters. The molecule has 2 N–H and O–H groups in total. The monoisotopic (exact) mass is 287 g/mol. The van der Waals surface area contributed by atoms with E-state index in [1.807, 2.05) is 0 Å². The highest BCUT2D eigenvalue weighted by Crippen LogP contribution is 2.45. The number of carboxylic acids is 1. The number of halogens is 2. The summed E-state index contributed by atoms with van der Waals surface area (Å²) in [6.07, 6.45) is 1.18. The molecular formula is C12H11Cl2NO3. The summed E-state index contributed by atoms with van der Waals surface area (Å²) in [7, 11) is 0. The van der Waals surface area contributed by atoms with Gasteiger partial charge < -0.3 is 10.4 Å². The zero-order valence-corrected chi connectivity index (χ0v) is 10.9. The minimum absolute atomic E-state index is 0.115. The first-order valence-corrected chi connectivity index (χ1v) is 6.17. The second-order valence-corrected chi connectivity index (χ2v) is 5.15. The average molecular weight is 288 g/mol. The van der Waals surface area contributed by atoms with E-state index < -0.39 is 17.3 Å². The van der Waals surface area contributed by atoms with Crippen LogP contribution in [0.1, 0.15) is 23.2 Å². The van der Waals surface area contributed by atoms with Gasteiger partial charge in [-0.2, -0.15) is 0 Å². The van der Waals surface area contributed by atoms with Crippen molar-refractivity contribution >= 4 is 35.1 Å². The van der Waals surface area contributed by atoms with Crippen LogP contribution in [0.25, 0.3) is 0 Å². The third kappa shape index (κ3) is 2.44. The van der Waals surface area contributed by atoms with Crippen molar-refractivity contribution in [3.8, 4) is 0 Å². The summed E-state index contributed by atoms with van der Waals surface area (Å²) in [5, 5.41) is 12.0. The van der Waals surface area contributed by atoms with Crippen LogP contribution in [0.2, 0.25) is 10.0 Å². The fourth-order valence-corrected chi connectivity index (χ4v) is 2.03. The molecule has 0 unspecified atom stereocenters. The summed E-state index contributed by atoms with van der Waals surface area (Å²) in [6.45, 7) is 0.115. The van der Waals surface area contributed by atoms with Gasteiger partial charge in [0, 0.05) is 6.54 Å². The van der Waals surface area contributed by atoms with Crippen molar-refractivity contribution in [1.29, 1.82) is 0 Å². The molecule has 0 heterocycles. The molecule has 1 aliphatic rings. The van der Waals surface area contributed by atoms with Gasteiger partial charge in [-0.1, -0.05) is 29.3 Å². The Morgan fingerprint density at radius 3 is 2.56 bits per heavy atom. The van der Waals surface area contributed by atoms with Crippen LogP contribution in [-0.4, -0.2) is 23.5 Å². The summed E-state index contributed by atoms with van der Waals surface area (Å²) < 4.78 is 0. The molecule has 2 rings (SSSR count). The number of hydrogen-bond acceptors (Lipinski definition) is 2. The Morgan fingerprint density at radius 1 is 1.33 bits per heavy atom. The molecule has 4 nitrogen and oxygen atoms in total. The van der Waals surface area contributed by atoms with Crippen LogP contribution in [0.3, 0.4) is 0 Å². The number of carboxylic acid groups (broad SMARTS) is 1. The third-order valence-electron chi connectivity index (χ3n) is 3.09. The standard InChI is InChI=1S/C12H11Cl2NO3/c13-8-3-1-2-7(9(8)14)10(16)15-6-12(4-5-12)11(17)18/h1-3H,4-6H2,(H,15,16)(H,17,18). The number of carbonyl (C=O) groups is 2. The fraction of sp³-hybridized carbons (Fsp3) is 0.333. The fourth-order valence-electron chi connectivity index (χ4n) is 1.64. The van der Waals surface area contributed by atoms with E-state index in [0.717, 1.165) is 0 Å². The molecule has 0 saturated heterocycles. The lowest BCUT2D eigenvalue weighted by Crippen LogP contribution is -2.34. The molecular weight excluding hydrogens is 277 g/mol. The van der Waals surface area contributed by atoms with Crippen LogP contribution >= 0.6 is 23.2 Å². The van der Waals surface area contributed by atoms with Gasteiger partial charge in [-0.05, 0) is 25.0 Å². The van der Waals surface area contributed by atoms with E-state index in [-0.39, 0.29) is 17.1 Å². The second-order valence-electron chi connectivity index (χ2n) is 4.37. The van der Waals surface area contributed by atoms with Gasteiger partial charge >= 0.3 is 5.97 Å². The highest BCUT2D eigenvalue weighted by Gasteiger charge is 2.50. The van der Waals surface area contributed by atoms with Crippen LogP contribution in [0.5, 0.6) is 0 Å². The van der Waals surface area contributed by atoms with Crippen LogP contribution < -0.4 is 5.32 Å². The zero-order chi connectivity index (χ0) is 13.3.